The van der Waals surface area contributed by atoms with Gasteiger partial charge in [0.1, 0.15) is 10.8 Å². The molecule has 0 bridgehead atoms. The number of rotatable bonds is 4. The van der Waals surface area contributed by atoms with Crippen LogP contribution in [0, 0.1) is 5.82 Å². The first-order chi connectivity index (χ1) is 12.2. The molecule has 124 valence electrons. The van der Waals surface area contributed by atoms with Gasteiger partial charge in [-0.1, -0.05) is 46.3 Å². The van der Waals surface area contributed by atoms with Gasteiger partial charge in [-0.25, -0.2) is 9.37 Å². The Balaban J connectivity index is 1.56. The zero-order valence-electron chi connectivity index (χ0n) is 13.2. The summed E-state index contributed by atoms with van der Waals surface area (Å²) in [4.78, 5) is 4.71. The fourth-order valence-electron chi connectivity index (χ4n) is 2.62. The SMILES string of the molecule is Fc1ccc(CNc2cccc(-c3nc4ccccc4s3)c2)c(Br)c1. The second-order valence-corrected chi connectivity index (χ2v) is 7.54. The van der Waals surface area contributed by atoms with Crippen molar-refractivity contribution in [2.45, 2.75) is 6.54 Å². The minimum atomic E-state index is -0.242. The summed E-state index contributed by atoms with van der Waals surface area (Å²) in [5.74, 6) is -0.242. The van der Waals surface area contributed by atoms with Crippen molar-refractivity contribution in [1.82, 2.24) is 4.98 Å². The number of nitrogens with one attached hydrogen (secondary N) is 1. The number of para-hydroxylation sites is 1. The van der Waals surface area contributed by atoms with Crippen molar-refractivity contribution in [2.24, 2.45) is 0 Å². The molecule has 0 amide bonds. The monoisotopic (exact) mass is 412 g/mol. The van der Waals surface area contributed by atoms with Crippen molar-refractivity contribution in [3.05, 3.63) is 82.6 Å². The molecule has 0 saturated heterocycles. The Labute approximate surface area is 157 Å². The Hall–Kier alpha value is -2.24. The fraction of sp³-hybridized carbons (Fsp3) is 0.0500. The maximum absolute atomic E-state index is 13.2. The van der Waals surface area contributed by atoms with E-state index < -0.39 is 0 Å². The second-order valence-electron chi connectivity index (χ2n) is 5.66. The molecule has 0 unspecified atom stereocenters. The highest BCUT2D eigenvalue weighted by Gasteiger charge is 2.07. The second kappa shape index (κ2) is 6.94. The summed E-state index contributed by atoms with van der Waals surface area (Å²) in [5, 5.41) is 4.40. The van der Waals surface area contributed by atoms with Crippen LogP contribution in [0.4, 0.5) is 10.1 Å². The third-order valence-electron chi connectivity index (χ3n) is 3.90. The van der Waals surface area contributed by atoms with Crippen LogP contribution in [0.1, 0.15) is 5.56 Å². The van der Waals surface area contributed by atoms with E-state index >= 15 is 0 Å². The number of fused-ring (bicyclic) bond motifs is 1. The van der Waals surface area contributed by atoms with E-state index in [0.717, 1.165) is 31.8 Å². The van der Waals surface area contributed by atoms with Gasteiger partial charge < -0.3 is 5.32 Å². The number of hydrogen-bond acceptors (Lipinski definition) is 3. The molecule has 1 aromatic heterocycles. The minimum absolute atomic E-state index is 0.242. The lowest BCUT2D eigenvalue weighted by Crippen LogP contribution is -2.00. The van der Waals surface area contributed by atoms with Crippen LogP contribution >= 0.6 is 27.3 Å². The van der Waals surface area contributed by atoms with E-state index in [1.54, 1.807) is 17.4 Å². The Morgan fingerprint density at radius 3 is 2.72 bits per heavy atom. The predicted octanol–water partition coefficient (Wildman–Crippen LogP) is 6.48. The first-order valence-corrected chi connectivity index (χ1v) is 9.44. The molecule has 0 fully saturated rings. The number of halogens is 2. The van der Waals surface area contributed by atoms with E-state index in [-0.39, 0.29) is 5.82 Å². The highest BCUT2D eigenvalue weighted by molar-refractivity contribution is 9.10. The highest BCUT2D eigenvalue weighted by atomic mass is 79.9. The summed E-state index contributed by atoms with van der Waals surface area (Å²) in [6, 6.07) is 21.1. The largest absolute Gasteiger partial charge is 0.381 e. The van der Waals surface area contributed by atoms with Crippen LogP contribution in [0.3, 0.4) is 0 Å². The quantitative estimate of drug-likeness (QED) is 0.414. The van der Waals surface area contributed by atoms with E-state index in [4.69, 9.17) is 4.98 Å². The van der Waals surface area contributed by atoms with Crippen molar-refractivity contribution < 1.29 is 4.39 Å². The zero-order chi connectivity index (χ0) is 17.2. The maximum atomic E-state index is 13.2. The Kier molecular flexibility index (Phi) is 4.51. The van der Waals surface area contributed by atoms with Gasteiger partial charge in [0.2, 0.25) is 0 Å². The van der Waals surface area contributed by atoms with Gasteiger partial charge in [-0.15, -0.1) is 11.3 Å². The fourth-order valence-corrected chi connectivity index (χ4v) is 4.07. The Bertz CT molecular complexity index is 1010. The number of benzene rings is 3. The van der Waals surface area contributed by atoms with E-state index in [0.29, 0.717) is 6.54 Å². The first-order valence-electron chi connectivity index (χ1n) is 7.83. The molecule has 25 heavy (non-hydrogen) atoms. The van der Waals surface area contributed by atoms with Gasteiger partial charge in [0, 0.05) is 22.3 Å². The predicted molar refractivity (Wildman–Crippen MR) is 106 cm³/mol. The lowest BCUT2D eigenvalue weighted by atomic mass is 10.2. The average molecular weight is 413 g/mol. The van der Waals surface area contributed by atoms with Crippen LogP contribution in [-0.2, 0) is 6.54 Å². The van der Waals surface area contributed by atoms with Gasteiger partial charge in [-0.2, -0.15) is 0 Å². The molecule has 0 saturated carbocycles. The number of aromatic nitrogens is 1. The minimum Gasteiger partial charge on any atom is -0.381 e. The Morgan fingerprint density at radius 2 is 1.88 bits per heavy atom. The molecule has 0 radical (unpaired) electrons. The summed E-state index contributed by atoms with van der Waals surface area (Å²) < 4.78 is 15.1. The molecule has 0 aliphatic rings. The van der Waals surface area contributed by atoms with E-state index in [9.17, 15) is 4.39 Å². The van der Waals surface area contributed by atoms with Crippen LogP contribution < -0.4 is 5.32 Å². The van der Waals surface area contributed by atoms with Crippen molar-refractivity contribution >= 4 is 43.2 Å². The maximum Gasteiger partial charge on any atom is 0.124 e. The standard InChI is InChI=1S/C20H14BrFN2S/c21-17-11-15(22)9-8-14(17)12-23-16-5-3-4-13(10-16)20-24-18-6-1-2-7-19(18)25-20/h1-11,23H,12H2. The van der Waals surface area contributed by atoms with Crippen LogP contribution in [0.15, 0.2) is 71.2 Å². The van der Waals surface area contributed by atoms with Gasteiger partial charge in [-0.05, 0) is 42.0 Å². The molecule has 0 spiro atoms. The first kappa shape index (κ1) is 16.2. The van der Waals surface area contributed by atoms with Crippen LogP contribution in [0.2, 0.25) is 0 Å². The summed E-state index contributed by atoms with van der Waals surface area (Å²) in [6.07, 6.45) is 0. The number of anilines is 1. The van der Waals surface area contributed by atoms with E-state index in [2.05, 4.69) is 39.4 Å². The topological polar surface area (TPSA) is 24.9 Å². The van der Waals surface area contributed by atoms with Gasteiger partial charge in [0.25, 0.3) is 0 Å². The van der Waals surface area contributed by atoms with Gasteiger partial charge >= 0.3 is 0 Å². The van der Waals surface area contributed by atoms with Crippen LogP contribution in [0.25, 0.3) is 20.8 Å². The van der Waals surface area contributed by atoms with Crippen LogP contribution in [0.5, 0.6) is 0 Å². The molecule has 3 aromatic carbocycles. The summed E-state index contributed by atoms with van der Waals surface area (Å²) in [6.45, 7) is 0.615. The van der Waals surface area contributed by atoms with Crippen LogP contribution in [-0.4, -0.2) is 4.98 Å². The highest BCUT2D eigenvalue weighted by Crippen LogP contribution is 2.31. The molecule has 2 nitrogen and oxygen atoms in total. The third-order valence-corrected chi connectivity index (χ3v) is 5.73. The van der Waals surface area contributed by atoms with Crippen molar-refractivity contribution in [3.8, 4) is 10.6 Å². The molecule has 4 aromatic rings. The molecule has 1 N–H and O–H groups in total. The lowest BCUT2D eigenvalue weighted by Gasteiger charge is -2.09. The summed E-state index contributed by atoms with van der Waals surface area (Å²) >= 11 is 5.09. The van der Waals surface area contributed by atoms with Gasteiger partial charge in [0.05, 0.1) is 10.2 Å². The van der Waals surface area contributed by atoms with Gasteiger partial charge in [0.15, 0.2) is 0 Å². The molecule has 0 aliphatic carbocycles. The van der Waals surface area contributed by atoms with E-state index in [1.807, 2.05) is 30.3 Å². The molecule has 0 atom stereocenters. The smallest absolute Gasteiger partial charge is 0.124 e. The average Bonchev–Trinajstić information content (AvgIpc) is 3.05. The zero-order valence-corrected chi connectivity index (χ0v) is 15.6. The molecule has 1 heterocycles. The molecular formula is C20H14BrFN2S. The Morgan fingerprint density at radius 1 is 1.00 bits per heavy atom. The molecular weight excluding hydrogens is 399 g/mol. The summed E-state index contributed by atoms with van der Waals surface area (Å²) in [7, 11) is 0. The number of hydrogen-bond donors (Lipinski definition) is 1. The van der Waals surface area contributed by atoms with Gasteiger partial charge in [-0.3, -0.25) is 0 Å². The molecule has 5 heteroatoms. The number of thiazole rings is 1. The van der Waals surface area contributed by atoms with E-state index in [1.165, 1.54) is 16.8 Å². The molecule has 0 aliphatic heterocycles. The molecule has 4 rings (SSSR count). The van der Waals surface area contributed by atoms with Crippen molar-refractivity contribution in [1.29, 1.82) is 0 Å². The summed E-state index contributed by atoms with van der Waals surface area (Å²) in [5.41, 5.74) is 4.13. The van der Waals surface area contributed by atoms with Crippen molar-refractivity contribution in [3.63, 3.8) is 0 Å². The normalized spacial score (nSPS) is 11.0. The third kappa shape index (κ3) is 3.57. The number of nitrogens with zero attached hydrogens (tertiary/aromatic N) is 1. The lowest BCUT2D eigenvalue weighted by molar-refractivity contribution is 0.626. The van der Waals surface area contributed by atoms with Crippen molar-refractivity contribution in [2.75, 3.05) is 5.32 Å².